The van der Waals surface area contributed by atoms with Gasteiger partial charge in [0.25, 0.3) is 0 Å². The van der Waals surface area contributed by atoms with Gasteiger partial charge in [-0.05, 0) is 18.9 Å². The van der Waals surface area contributed by atoms with Crippen LogP contribution >= 0.6 is 11.8 Å². The Morgan fingerprint density at radius 1 is 1.38 bits per heavy atom. The molecule has 0 aliphatic carbocycles. The third kappa shape index (κ3) is 2.89. The number of hydrogen-bond acceptors (Lipinski definition) is 3. The number of rotatable bonds is 2. The Labute approximate surface area is 101 Å². The van der Waals surface area contributed by atoms with Crippen molar-refractivity contribution in [1.82, 2.24) is 0 Å². The SMILES string of the molecule is CC1(C=Cc2ccccc2)CCSC(N)=N1. The summed E-state index contributed by atoms with van der Waals surface area (Å²) < 4.78 is 0. The summed E-state index contributed by atoms with van der Waals surface area (Å²) in [6, 6.07) is 10.3. The molecular weight excluding hydrogens is 216 g/mol. The van der Waals surface area contributed by atoms with Crippen molar-refractivity contribution in [2.24, 2.45) is 10.7 Å². The van der Waals surface area contributed by atoms with Gasteiger partial charge in [-0.1, -0.05) is 54.2 Å². The van der Waals surface area contributed by atoms with Crippen LogP contribution in [0.25, 0.3) is 6.08 Å². The predicted molar refractivity (Wildman–Crippen MR) is 72.6 cm³/mol. The van der Waals surface area contributed by atoms with Crippen molar-refractivity contribution in [3.63, 3.8) is 0 Å². The molecule has 0 radical (unpaired) electrons. The zero-order valence-electron chi connectivity index (χ0n) is 9.39. The van der Waals surface area contributed by atoms with Gasteiger partial charge in [-0.25, -0.2) is 0 Å². The van der Waals surface area contributed by atoms with Gasteiger partial charge in [0.2, 0.25) is 0 Å². The number of aliphatic imine (C=N–C) groups is 1. The van der Waals surface area contributed by atoms with E-state index in [2.05, 4.69) is 36.2 Å². The zero-order chi connectivity index (χ0) is 11.4. The Kier molecular flexibility index (Phi) is 3.34. The molecule has 3 heteroatoms. The van der Waals surface area contributed by atoms with Crippen LogP contribution in [0.15, 0.2) is 41.4 Å². The van der Waals surface area contributed by atoms with Crippen LogP contribution in [0.3, 0.4) is 0 Å². The maximum Gasteiger partial charge on any atom is 0.154 e. The van der Waals surface area contributed by atoms with Gasteiger partial charge in [-0.3, -0.25) is 4.99 Å². The number of nitrogens with zero attached hydrogens (tertiary/aromatic N) is 1. The van der Waals surface area contributed by atoms with Gasteiger partial charge in [0.05, 0.1) is 5.54 Å². The fraction of sp³-hybridized carbons (Fsp3) is 0.308. The monoisotopic (exact) mass is 232 g/mol. The zero-order valence-corrected chi connectivity index (χ0v) is 10.2. The molecule has 1 atom stereocenters. The van der Waals surface area contributed by atoms with Gasteiger partial charge in [-0.15, -0.1) is 0 Å². The maximum absolute atomic E-state index is 5.76. The van der Waals surface area contributed by atoms with Crippen molar-refractivity contribution in [1.29, 1.82) is 0 Å². The smallest absolute Gasteiger partial charge is 0.154 e. The first-order valence-electron chi connectivity index (χ1n) is 5.40. The standard InChI is InChI=1S/C13H16N2S/c1-13(9-10-16-12(14)15-13)8-7-11-5-3-2-4-6-11/h2-8H,9-10H2,1H3,(H2,14,15). The topological polar surface area (TPSA) is 38.4 Å². The van der Waals surface area contributed by atoms with E-state index in [-0.39, 0.29) is 5.54 Å². The molecule has 1 aliphatic heterocycles. The third-order valence-electron chi connectivity index (χ3n) is 2.66. The minimum atomic E-state index is -0.134. The highest BCUT2D eigenvalue weighted by atomic mass is 32.2. The van der Waals surface area contributed by atoms with Crippen molar-refractivity contribution in [2.75, 3.05) is 5.75 Å². The van der Waals surface area contributed by atoms with Crippen LogP contribution in [0.2, 0.25) is 0 Å². The van der Waals surface area contributed by atoms with E-state index in [0.29, 0.717) is 5.17 Å². The molecule has 1 aliphatic rings. The molecule has 0 fully saturated rings. The van der Waals surface area contributed by atoms with Gasteiger partial charge in [0.15, 0.2) is 5.17 Å². The fourth-order valence-electron chi connectivity index (χ4n) is 1.66. The van der Waals surface area contributed by atoms with Crippen LogP contribution in [0.5, 0.6) is 0 Å². The number of amidine groups is 1. The molecule has 0 bridgehead atoms. The Bertz CT molecular complexity index is 411. The average molecular weight is 232 g/mol. The second-order valence-electron chi connectivity index (χ2n) is 4.15. The molecule has 0 saturated carbocycles. The summed E-state index contributed by atoms with van der Waals surface area (Å²) in [5.74, 6) is 1.05. The number of nitrogens with two attached hydrogens (primary N) is 1. The van der Waals surface area contributed by atoms with Gasteiger partial charge in [-0.2, -0.15) is 0 Å². The van der Waals surface area contributed by atoms with E-state index in [1.165, 1.54) is 5.56 Å². The summed E-state index contributed by atoms with van der Waals surface area (Å²) in [5.41, 5.74) is 6.83. The van der Waals surface area contributed by atoms with Crippen LogP contribution in [-0.4, -0.2) is 16.5 Å². The minimum absolute atomic E-state index is 0.134. The molecule has 2 rings (SSSR count). The molecule has 84 valence electrons. The van der Waals surface area contributed by atoms with E-state index in [4.69, 9.17) is 5.73 Å². The van der Waals surface area contributed by atoms with Crippen LogP contribution in [0.1, 0.15) is 18.9 Å². The highest BCUT2D eigenvalue weighted by molar-refractivity contribution is 8.13. The second-order valence-corrected chi connectivity index (χ2v) is 5.26. The second kappa shape index (κ2) is 4.74. The Balaban J connectivity index is 2.15. The van der Waals surface area contributed by atoms with Crippen LogP contribution in [-0.2, 0) is 0 Å². The average Bonchev–Trinajstić information content (AvgIpc) is 2.28. The van der Waals surface area contributed by atoms with Gasteiger partial charge in [0.1, 0.15) is 0 Å². The van der Waals surface area contributed by atoms with Crippen LogP contribution < -0.4 is 5.73 Å². The predicted octanol–water partition coefficient (Wildman–Crippen LogP) is 2.91. The largest absolute Gasteiger partial charge is 0.379 e. The van der Waals surface area contributed by atoms with Crippen molar-refractivity contribution >= 4 is 23.0 Å². The van der Waals surface area contributed by atoms with E-state index in [1.807, 2.05) is 18.2 Å². The molecule has 0 spiro atoms. The van der Waals surface area contributed by atoms with E-state index in [1.54, 1.807) is 11.8 Å². The third-order valence-corrected chi connectivity index (χ3v) is 3.45. The number of hydrogen-bond donors (Lipinski definition) is 1. The Hall–Kier alpha value is -1.22. The summed E-state index contributed by atoms with van der Waals surface area (Å²) in [6.45, 7) is 2.12. The Morgan fingerprint density at radius 3 is 2.81 bits per heavy atom. The lowest BCUT2D eigenvalue weighted by atomic mass is 9.98. The quantitative estimate of drug-likeness (QED) is 0.851. The van der Waals surface area contributed by atoms with Crippen LogP contribution in [0, 0.1) is 0 Å². The molecule has 1 aromatic carbocycles. The van der Waals surface area contributed by atoms with Gasteiger partial charge in [0, 0.05) is 5.75 Å². The van der Waals surface area contributed by atoms with E-state index in [0.717, 1.165) is 12.2 Å². The highest BCUT2D eigenvalue weighted by Crippen LogP contribution is 2.27. The molecular formula is C13H16N2S. The van der Waals surface area contributed by atoms with Gasteiger partial charge < -0.3 is 5.73 Å². The molecule has 1 unspecified atom stereocenters. The minimum Gasteiger partial charge on any atom is -0.379 e. The van der Waals surface area contributed by atoms with E-state index < -0.39 is 0 Å². The van der Waals surface area contributed by atoms with Crippen molar-refractivity contribution in [2.45, 2.75) is 18.9 Å². The van der Waals surface area contributed by atoms with Crippen molar-refractivity contribution < 1.29 is 0 Å². The lowest BCUT2D eigenvalue weighted by molar-refractivity contribution is 0.572. The first-order valence-corrected chi connectivity index (χ1v) is 6.39. The molecule has 0 amide bonds. The molecule has 1 aromatic rings. The molecule has 2 N–H and O–H groups in total. The maximum atomic E-state index is 5.76. The first kappa shape index (κ1) is 11.3. The number of thioether (sulfide) groups is 1. The summed E-state index contributed by atoms with van der Waals surface area (Å²) in [4.78, 5) is 4.50. The first-order chi connectivity index (χ1) is 7.68. The lowest BCUT2D eigenvalue weighted by Gasteiger charge is -2.25. The van der Waals surface area contributed by atoms with E-state index in [9.17, 15) is 0 Å². The summed E-state index contributed by atoms with van der Waals surface area (Å²) in [7, 11) is 0. The van der Waals surface area contributed by atoms with E-state index >= 15 is 0 Å². The van der Waals surface area contributed by atoms with Gasteiger partial charge >= 0.3 is 0 Å². The summed E-state index contributed by atoms with van der Waals surface area (Å²) >= 11 is 1.64. The molecule has 16 heavy (non-hydrogen) atoms. The molecule has 0 saturated heterocycles. The van der Waals surface area contributed by atoms with Crippen molar-refractivity contribution in [3.05, 3.63) is 42.0 Å². The summed E-state index contributed by atoms with van der Waals surface area (Å²) in [6.07, 6.45) is 5.31. The number of benzene rings is 1. The normalized spacial score (nSPS) is 25.7. The highest BCUT2D eigenvalue weighted by Gasteiger charge is 2.23. The molecule has 2 nitrogen and oxygen atoms in total. The lowest BCUT2D eigenvalue weighted by Crippen LogP contribution is -2.28. The Morgan fingerprint density at radius 2 is 2.12 bits per heavy atom. The van der Waals surface area contributed by atoms with Crippen molar-refractivity contribution in [3.8, 4) is 0 Å². The molecule has 0 aromatic heterocycles. The fourth-order valence-corrected chi connectivity index (χ4v) is 2.66. The molecule has 1 heterocycles. The summed E-state index contributed by atoms with van der Waals surface area (Å²) in [5, 5.41) is 0.700. The van der Waals surface area contributed by atoms with Crippen LogP contribution in [0.4, 0.5) is 0 Å².